The van der Waals surface area contributed by atoms with Crippen LogP contribution in [0.5, 0.6) is 0 Å². The van der Waals surface area contributed by atoms with Gasteiger partial charge < -0.3 is 0 Å². The molecule has 2 nitrogen and oxygen atoms in total. The van der Waals surface area contributed by atoms with E-state index in [0.717, 1.165) is 43.6 Å². The predicted molar refractivity (Wildman–Crippen MR) is 136 cm³/mol. The third kappa shape index (κ3) is 2.60. The summed E-state index contributed by atoms with van der Waals surface area (Å²) in [6.07, 6.45) is 0. The van der Waals surface area contributed by atoms with Crippen LogP contribution in [0.1, 0.15) is 0 Å². The Morgan fingerprint density at radius 1 is 0.344 bits per heavy atom. The first-order chi connectivity index (χ1) is 15.8. The number of pyridine rings is 2. The molecule has 2 heteroatoms. The van der Waals surface area contributed by atoms with Crippen LogP contribution in [0.2, 0.25) is 0 Å². The van der Waals surface area contributed by atoms with Crippen molar-refractivity contribution >= 4 is 65.2 Å². The van der Waals surface area contributed by atoms with Gasteiger partial charge in [-0.3, -0.25) is 0 Å². The van der Waals surface area contributed by atoms with E-state index in [2.05, 4.69) is 109 Å². The van der Waals surface area contributed by atoms with Crippen molar-refractivity contribution in [2.75, 3.05) is 0 Å². The van der Waals surface area contributed by atoms with Crippen LogP contribution in [-0.2, 0) is 0 Å². The van der Waals surface area contributed by atoms with E-state index in [9.17, 15) is 0 Å². The second-order valence-corrected chi connectivity index (χ2v) is 8.31. The van der Waals surface area contributed by atoms with Gasteiger partial charge in [0.2, 0.25) is 0 Å². The largest absolute Gasteiger partial charge is 0.245 e. The van der Waals surface area contributed by atoms with E-state index < -0.39 is 0 Å². The number of aromatic nitrogens is 2. The quantitative estimate of drug-likeness (QED) is 0.255. The van der Waals surface area contributed by atoms with Crippen molar-refractivity contribution in [3.8, 4) is 0 Å². The summed E-state index contributed by atoms with van der Waals surface area (Å²) in [6.45, 7) is 0. The summed E-state index contributed by atoms with van der Waals surface area (Å²) in [4.78, 5) is 10.2. The van der Waals surface area contributed by atoms with Crippen molar-refractivity contribution in [3.63, 3.8) is 0 Å². The van der Waals surface area contributed by atoms with Crippen molar-refractivity contribution in [1.82, 2.24) is 9.97 Å². The molecule has 3 aromatic heterocycles. The van der Waals surface area contributed by atoms with E-state index >= 15 is 0 Å². The Morgan fingerprint density at radius 3 is 1.25 bits per heavy atom. The molecule has 0 N–H and O–H groups in total. The number of hydrogen-bond donors (Lipinski definition) is 0. The summed E-state index contributed by atoms with van der Waals surface area (Å²) in [6, 6.07) is 38.7. The molecule has 0 aliphatic carbocycles. The van der Waals surface area contributed by atoms with Gasteiger partial charge in [-0.2, -0.15) is 0 Å². The van der Waals surface area contributed by atoms with Gasteiger partial charge >= 0.3 is 0 Å². The van der Waals surface area contributed by atoms with Gasteiger partial charge in [0.1, 0.15) is 0 Å². The molecule has 8 bridgehead atoms. The molecule has 0 fully saturated rings. The highest BCUT2D eigenvalue weighted by Crippen LogP contribution is 2.28. The van der Waals surface area contributed by atoms with E-state index in [-0.39, 0.29) is 0 Å². The van der Waals surface area contributed by atoms with E-state index in [1.807, 2.05) is 0 Å². The Hall–Kier alpha value is -4.30. The van der Waals surface area contributed by atoms with Crippen LogP contribution in [0.4, 0.5) is 0 Å². The summed E-state index contributed by atoms with van der Waals surface area (Å²) in [5.74, 6) is 0. The molecule has 0 radical (unpaired) electrons. The normalized spacial score (nSPS) is 11.8. The highest BCUT2D eigenvalue weighted by Gasteiger charge is 2.05. The molecule has 148 valence electrons. The van der Waals surface area contributed by atoms with Gasteiger partial charge in [0, 0.05) is 21.5 Å². The van der Waals surface area contributed by atoms with Gasteiger partial charge in [-0.25, -0.2) is 9.97 Å². The highest BCUT2D eigenvalue weighted by atomic mass is 14.7. The third-order valence-corrected chi connectivity index (χ3v) is 6.38. The van der Waals surface area contributed by atoms with Crippen molar-refractivity contribution in [3.05, 3.63) is 109 Å². The maximum Gasteiger partial charge on any atom is 0.0894 e. The Balaban J connectivity index is 1.84. The second kappa shape index (κ2) is 6.60. The van der Waals surface area contributed by atoms with E-state index in [4.69, 9.17) is 9.97 Å². The molecule has 0 saturated heterocycles. The van der Waals surface area contributed by atoms with Crippen molar-refractivity contribution in [2.24, 2.45) is 0 Å². The monoisotopic (exact) mass is 406 g/mol. The fraction of sp³-hybridized carbons (Fsp3) is 0. The van der Waals surface area contributed by atoms with Gasteiger partial charge in [-0.15, -0.1) is 0 Å². The number of benzene rings is 4. The molecule has 0 atom stereocenters. The molecule has 0 unspecified atom stereocenters. The lowest BCUT2D eigenvalue weighted by atomic mass is 10.0. The minimum Gasteiger partial charge on any atom is -0.245 e. The molecule has 32 heavy (non-hydrogen) atoms. The van der Waals surface area contributed by atoms with Crippen LogP contribution in [-0.4, -0.2) is 9.97 Å². The van der Waals surface area contributed by atoms with E-state index in [1.165, 1.54) is 21.5 Å². The average molecular weight is 406 g/mol. The minimum atomic E-state index is 0.892. The first kappa shape index (κ1) is 17.4. The molecule has 0 aliphatic heterocycles. The van der Waals surface area contributed by atoms with Gasteiger partial charge in [0.15, 0.2) is 0 Å². The zero-order chi connectivity index (χ0) is 21.1. The van der Waals surface area contributed by atoms with Gasteiger partial charge in [-0.1, -0.05) is 84.9 Å². The van der Waals surface area contributed by atoms with Crippen LogP contribution < -0.4 is 0 Å². The summed E-state index contributed by atoms with van der Waals surface area (Å²) in [5.41, 5.74) is 3.79. The lowest BCUT2D eigenvalue weighted by Gasteiger charge is -2.06. The van der Waals surface area contributed by atoms with E-state index in [0.29, 0.717) is 0 Å². The first-order valence-electron chi connectivity index (χ1n) is 10.8. The van der Waals surface area contributed by atoms with Crippen LogP contribution in [0.25, 0.3) is 65.2 Å². The standard InChI is InChI=1S/C30H18N2/c1-7-21-17-23(9-1)25-11-3-5-19-13-15-27(31-29(19)25)28-16-14-20-6-4-12-26(30(20)32-28)24-10-2-8-22(21)18-24/h1-18H. The maximum atomic E-state index is 5.10. The van der Waals surface area contributed by atoms with Crippen LogP contribution in [0.15, 0.2) is 109 Å². The minimum absolute atomic E-state index is 0.892. The van der Waals surface area contributed by atoms with Crippen molar-refractivity contribution in [2.45, 2.75) is 0 Å². The van der Waals surface area contributed by atoms with Crippen molar-refractivity contribution < 1.29 is 0 Å². The van der Waals surface area contributed by atoms with Gasteiger partial charge in [0.25, 0.3) is 0 Å². The van der Waals surface area contributed by atoms with Crippen LogP contribution in [0.3, 0.4) is 0 Å². The van der Waals surface area contributed by atoms with Crippen molar-refractivity contribution in [1.29, 1.82) is 0 Å². The Bertz CT molecular complexity index is 1740. The van der Waals surface area contributed by atoms with Crippen LogP contribution >= 0.6 is 0 Å². The maximum absolute atomic E-state index is 5.10. The number of fused-ring (bicyclic) bond motifs is 10. The predicted octanol–water partition coefficient (Wildman–Crippen LogP) is 7.96. The van der Waals surface area contributed by atoms with Crippen LogP contribution in [0, 0.1) is 0 Å². The summed E-state index contributed by atoms with van der Waals surface area (Å²) in [7, 11) is 0. The zero-order valence-electron chi connectivity index (χ0n) is 17.3. The third-order valence-electron chi connectivity index (χ3n) is 6.38. The Labute approximate surface area is 184 Å². The summed E-state index contributed by atoms with van der Waals surface area (Å²) >= 11 is 0. The molecule has 0 spiro atoms. The Morgan fingerprint density at radius 2 is 0.750 bits per heavy atom. The molecule has 0 saturated carbocycles. The lowest BCUT2D eigenvalue weighted by molar-refractivity contribution is 1.46. The number of nitrogens with zero attached hydrogens (tertiary/aromatic N) is 2. The van der Waals surface area contributed by atoms with Gasteiger partial charge in [-0.05, 0) is 45.8 Å². The van der Waals surface area contributed by atoms with E-state index in [1.54, 1.807) is 0 Å². The molecule has 3 heterocycles. The van der Waals surface area contributed by atoms with Gasteiger partial charge in [0.05, 0.1) is 22.1 Å². The number of hydrogen-bond acceptors (Lipinski definition) is 2. The lowest BCUT2D eigenvalue weighted by Crippen LogP contribution is -1.86. The fourth-order valence-corrected chi connectivity index (χ4v) is 4.78. The Kier molecular flexibility index (Phi) is 3.58. The molecule has 7 rings (SSSR count). The second-order valence-electron chi connectivity index (χ2n) is 8.31. The first-order valence-corrected chi connectivity index (χ1v) is 10.8. The smallest absolute Gasteiger partial charge is 0.0894 e. The molecule has 0 amide bonds. The number of para-hydroxylation sites is 2. The molecule has 0 aliphatic rings. The molecular formula is C30H18N2. The topological polar surface area (TPSA) is 25.8 Å². The summed E-state index contributed by atoms with van der Waals surface area (Å²) < 4.78 is 0. The fourth-order valence-electron chi connectivity index (χ4n) is 4.78. The summed E-state index contributed by atoms with van der Waals surface area (Å²) in [5, 5.41) is 9.28. The molecule has 7 aromatic rings. The average Bonchev–Trinajstić information content (AvgIpc) is 2.87. The molecule has 4 aromatic carbocycles. The SMILES string of the molecule is c1cc2cc(c1)c1cccc3ccc(nc31)c1ccc3cccc(c4cccc2c4)c3n1. The zero-order valence-corrected chi connectivity index (χ0v) is 17.3. The number of rotatable bonds is 0. The highest BCUT2D eigenvalue weighted by molar-refractivity contribution is 6.09. The molecular weight excluding hydrogens is 388 g/mol.